The van der Waals surface area contributed by atoms with Crippen molar-refractivity contribution in [2.45, 2.75) is 65.0 Å². The van der Waals surface area contributed by atoms with E-state index in [2.05, 4.69) is 24.3 Å². The van der Waals surface area contributed by atoms with Gasteiger partial charge in [-0.15, -0.1) is 0 Å². The number of carbonyl (C=O) groups is 1. The highest BCUT2D eigenvalue weighted by atomic mass is 16.3. The molecule has 0 spiro atoms. The molecule has 5 heteroatoms. The summed E-state index contributed by atoms with van der Waals surface area (Å²) in [5.41, 5.74) is 1.84. The normalized spacial score (nSPS) is 16.2. The summed E-state index contributed by atoms with van der Waals surface area (Å²) in [4.78, 5) is 12.4. The Kier molecular flexibility index (Phi) is 5.39. The molecular formula is C16H27N3O2. The van der Waals surface area contributed by atoms with Crippen LogP contribution in [0.15, 0.2) is 6.20 Å². The standard InChI is InChI=1S/C16H27N3O2/c1-11(2)10-19-15(13-6-7-13)14(9-17-19)16(21)18-12(3)5-4-8-20/h9,11-13,20H,4-8,10H2,1-3H3,(H,18,21). The SMILES string of the molecule is CC(C)Cn1ncc(C(=O)NC(C)CCCO)c1C1CC1. The zero-order valence-corrected chi connectivity index (χ0v) is 13.3. The number of aromatic nitrogens is 2. The molecule has 0 saturated heterocycles. The summed E-state index contributed by atoms with van der Waals surface area (Å²) < 4.78 is 2.01. The first kappa shape index (κ1) is 16.0. The number of hydrogen-bond acceptors (Lipinski definition) is 3. The van der Waals surface area contributed by atoms with E-state index in [1.54, 1.807) is 6.20 Å². The summed E-state index contributed by atoms with van der Waals surface area (Å²) in [5, 5.41) is 16.3. The van der Waals surface area contributed by atoms with Crippen molar-refractivity contribution in [1.29, 1.82) is 0 Å². The summed E-state index contributed by atoms with van der Waals surface area (Å²) in [6.45, 7) is 7.33. The Morgan fingerprint density at radius 1 is 1.48 bits per heavy atom. The van der Waals surface area contributed by atoms with Gasteiger partial charge in [0.2, 0.25) is 0 Å². The van der Waals surface area contributed by atoms with E-state index in [9.17, 15) is 4.79 Å². The van der Waals surface area contributed by atoms with Crippen molar-refractivity contribution < 1.29 is 9.90 Å². The number of aliphatic hydroxyl groups is 1. The van der Waals surface area contributed by atoms with Gasteiger partial charge in [-0.05, 0) is 38.5 Å². The van der Waals surface area contributed by atoms with Crippen LogP contribution in [-0.4, -0.2) is 33.4 Å². The lowest BCUT2D eigenvalue weighted by atomic mass is 10.1. The van der Waals surface area contributed by atoms with Crippen LogP contribution in [0.3, 0.4) is 0 Å². The molecule has 1 aliphatic rings. The second kappa shape index (κ2) is 7.07. The van der Waals surface area contributed by atoms with E-state index in [1.807, 2.05) is 11.6 Å². The van der Waals surface area contributed by atoms with Crippen LogP contribution in [0.1, 0.15) is 68.4 Å². The summed E-state index contributed by atoms with van der Waals surface area (Å²) in [6, 6.07) is 0.0742. The lowest BCUT2D eigenvalue weighted by molar-refractivity contribution is 0.0935. The predicted octanol–water partition coefficient (Wildman–Crippen LogP) is 2.31. The number of amides is 1. The summed E-state index contributed by atoms with van der Waals surface area (Å²) >= 11 is 0. The Labute approximate surface area is 126 Å². The lowest BCUT2D eigenvalue weighted by Gasteiger charge is -2.14. The molecule has 0 bridgehead atoms. The van der Waals surface area contributed by atoms with Crippen LogP contribution in [0.2, 0.25) is 0 Å². The highest BCUT2D eigenvalue weighted by Gasteiger charge is 2.32. The van der Waals surface area contributed by atoms with Crippen molar-refractivity contribution in [2.24, 2.45) is 5.92 Å². The van der Waals surface area contributed by atoms with Crippen LogP contribution >= 0.6 is 0 Å². The zero-order chi connectivity index (χ0) is 15.4. The highest BCUT2D eigenvalue weighted by molar-refractivity contribution is 5.95. The molecule has 118 valence electrons. The van der Waals surface area contributed by atoms with E-state index in [1.165, 1.54) is 0 Å². The van der Waals surface area contributed by atoms with E-state index in [-0.39, 0.29) is 18.6 Å². The van der Waals surface area contributed by atoms with Crippen molar-refractivity contribution in [2.75, 3.05) is 6.61 Å². The molecule has 1 saturated carbocycles. The molecule has 0 radical (unpaired) electrons. The van der Waals surface area contributed by atoms with Gasteiger partial charge in [0.25, 0.3) is 5.91 Å². The molecule has 0 aromatic carbocycles. The molecule has 1 fully saturated rings. The minimum atomic E-state index is -0.0302. The van der Waals surface area contributed by atoms with Crippen LogP contribution in [0.5, 0.6) is 0 Å². The topological polar surface area (TPSA) is 67.2 Å². The zero-order valence-electron chi connectivity index (χ0n) is 13.3. The van der Waals surface area contributed by atoms with E-state index in [0.29, 0.717) is 18.3 Å². The second-order valence-corrected chi connectivity index (χ2v) is 6.53. The molecule has 21 heavy (non-hydrogen) atoms. The molecule has 1 atom stereocenters. The van der Waals surface area contributed by atoms with Gasteiger partial charge >= 0.3 is 0 Å². The molecule has 2 N–H and O–H groups in total. The van der Waals surface area contributed by atoms with Gasteiger partial charge < -0.3 is 10.4 Å². The average molecular weight is 293 g/mol. The summed E-state index contributed by atoms with van der Waals surface area (Å²) in [5.74, 6) is 0.985. The van der Waals surface area contributed by atoms with E-state index in [0.717, 1.165) is 37.1 Å². The Balaban J connectivity index is 2.08. The van der Waals surface area contributed by atoms with Crippen molar-refractivity contribution in [1.82, 2.24) is 15.1 Å². The average Bonchev–Trinajstić information content (AvgIpc) is 3.17. The van der Waals surface area contributed by atoms with Crippen molar-refractivity contribution in [3.8, 4) is 0 Å². The first-order valence-electron chi connectivity index (χ1n) is 8.00. The van der Waals surface area contributed by atoms with Gasteiger partial charge in [-0.25, -0.2) is 0 Å². The fourth-order valence-corrected chi connectivity index (χ4v) is 2.62. The van der Waals surface area contributed by atoms with Crippen LogP contribution < -0.4 is 5.32 Å². The van der Waals surface area contributed by atoms with E-state index < -0.39 is 0 Å². The van der Waals surface area contributed by atoms with Gasteiger partial charge in [-0.2, -0.15) is 5.10 Å². The van der Waals surface area contributed by atoms with Gasteiger partial charge in [0.15, 0.2) is 0 Å². The maximum Gasteiger partial charge on any atom is 0.254 e. The molecule has 5 nitrogen and oxygen atoms in total. The fourth-order valence-electron chi connectivity index (χ4n) is 2.62. The third-order valence-electron chi connectivity index (χ3n) is 3.80. The van der Waals surface area contributed by atoms with Crippen LogP contribution in [0.25, 0.3) is 0 Å². The van der Waals surface area contributed by atoms with Crippen molar-refractivity contribution >= 4 is 5.91 Å². The second-order valence-electron chi connectivity index (χ2n) is 6.53. The lowest BCUT2D eigenvalue weighted by Crippen LogP contribution is -2.33. The van der Waals surface area contributed by atoms with Gasteiger partial charge in [0.1, 0.15) is 0 Å². The number of rotatable bonds is 8. The first-order chi connectivity index (χ1) is 10.0. The third kappa shape index (κ3) is 4.30. The number of nitrogens with zero attached hydrogens (tertiary/aromatic N) is 2. The predicted molar refractivity (Wildman–Crippen MR) is 82.3 cm³/mol. The number of aliphatic hydroxyl groups excluding tert-OH is 1. The highest BCUT2D eigenvalue weighted by Crippen LogP contribution is 2.41. The number of hydrogen-bond donors (Lipinski definition) is 2. The van der Waals surface area contributed by atoms with Crippen molar-refractivity contribution in [3.63, 3.8) is 0 Å². The third-order valence-corrected chi connectivity index (χ3v) is 3.80. The van der Waals surface area contributed by atoms with Gasteiger partial charge in [-0.3, -0.25) is 9.48 Å². The Morgan fingerprint density at radius 3 is 2.76 bits per heavy atom. The molecule has 1 aromatic rings. The van der Waals surface area contributed by atoms with Crippen molar-refractivity contribution in [3.05, 3.63) is 17.5 Å². The molecule has 1 heterocycles. The monoisotopic (exact) mass is 293 g/mol. The maximum absolute atomic E-state index is 12.4. The smallest absolute Gasteiger partial charge is 0.254 e. The van der Waals surface area contributed by atoms with Crippen LogP contribution in [0.4, 0.5) is 0 Å². The Morgan fingerprint density at radius 2 is 2.19 bits per heavy atom. The fraction of sp³-hybridized carbons (Fsp3) is 0.750. The maximum atomic E-state index is 12.4. The quantitative estimate of drug-likeness (QED) is 0.773. The molecule has 0 aliphatic heterocycles. The summed E-state index contributed by atoms with van der Waals surface area (Å²) in [6.07, 6.45) is 5.53. The molecular weight excluding hydrogens is 266 g/mol. The minimum Gasteiger partial charge on any atom is -0.396 e. The van der Waals surface area contributed by atoms with E-state index >= 15 is 0 Å². The molecule has 1 unspecified atom stereocenters. The van der Waals surface area contributed by atoms with Gasteiger partial charge in [0.05, 0.1) is 17.5 Å². The van der Waals surface area contributed by atoms with Crippen LogP contribution in [-0.2, 0) is 6.54 Å². The summed E-state index contributed by atoms with van der Waals surface area (Å²) in [7, 11) is 0. The first-order valence-corrected chi connectivity index (χ1v) is 8.00. The Hall–Kier alpha value is -1.36. The molecule has 1 aromatic heterocycles. The number of nitrogens with one attached hydrogen (secondary N) is 1. The molecule has 2 rings (SSSR count). The van der Waals surface area contributed by atoms with Crippen LogP contribution in [0, 0.1) is 5.92 Å². The molecule has 1 amide bonds. The Bertz CT molecular complexity index is 478. The van der Waals surface area contributed by atoms with Gasteiger partial charge in [0, 0.05) is 25.1 Å². The van der Waals surface area contributed by atoms with Gasteiger partial charge in [-0.1, -0.05) is 13.8 Å². The number of carbonyl (C=O) groups excluding carboxylic acids is 1. The largest absolute Gasteiger partial charge is 0.396 e. The van der Waals surface area contributed by atoms with E-state index in [4.69, 9.17) is 5.11 Å². The minimum absolute atomic E-state index is 0.0302. The molecule has 1 aliphatic carbocycles.